The van der Waals surface area contributed by atoms with E-state index in [2.05, 4.69) is 20.6 Å². The molecule has 0 saturated carbocycles. The molecule has 2 heterocycles. The molecular weight excluding hydrogens is 276 g/mol. The Morgan fingerprint density at radius 3 is 2.80 bits per heavy atom. The van der Waals surface area contributed by atoms with Crippen LogP contribution in [0.4, 0.5) is 5.82 Å². The Balaban J connectivity index is 1.89. The molecule has 20 heavy (non-hydrogen) atoms. The van der Waals surface area contributed by atoms with Crippen LogP contribution < -0.4 is 10.6 Å². The number of nitrogens with zero attached hydrogens (tertiary/aromatic N) is 1. The summed E-state index contributed by atoms with van der Waals surface area (Å²) in [5.41, 5.74) is 0.327. The monoisotopic (exact) mass is 288 g/mol. The number of aromatic amines is 1. The Morgan fingerprint density at radius 2 is 2.10 bits per heavy atom. The normalized spacial score (nSPS) is 9.80. The van der Waals surface area contributed by atoms with Gasteiger partial charge in [0.25, 0.3) is 5.91 Å². The summed E-state index contributed by atoms with van der Waals surface area (Å²) in [6.07, 6.45) is 3.20. The topological polar surface area (TPSA) is 86.9 Å². The predicted molar refractivity (Wildman–Crippen MR) is 76.8 cm³/mol. The van der Waals surface area contributed by atoms with Crippen LogP contribution in [0.15, 0.2) is 42.7 Å². The summed E-state index contributed by atoms with van der Waals surface area (Å²) < 4.78 is 0.329. The van der Waals surface area contributed by atoms with Gasteiger partial charge >= 0.3 is 0 Å². The van der Waals surface area contributed by atoms with E-state index in [0.717, 1.165) is 0 Å². The minimum Gasteiger partial charge on any atom is -0.352 e. The summed E-state index contributed by atoms with van der Waals surface area (Å²) >= 11 is 4.99. The molecule has 0 aromatic carbocycles. The Hall–Kier alpha value is -2.54. The fraction of sp³-hybridized carbons (Fsp3) is 0.0769. The van der Waals surface area contributed by atoms with E-state index in [9.17, 15) is 9.59 Å². The molecule has 7 heteroatoms. The zero-order valence-corrected chi connectivity index (χ0v) is 11.2. The van der Waals surface area contributed by atoms with Crippen molar-refractivity contribution in [2.24, 2.45) is 0 Å². The lowest BCUT2D eigenvalue weighted by atomic mass is 10.2. The number of rotatable bonds is 4. The number of hydrogen-bond acceptors (Lipinski definition) is 4. The molecule has 0 saturated heterocycles. The van der Waals surface area contributed by atoms with Crippen molar-refractivity contribution in [3.63, 3.8) is 0 Å². The van der Waals surface area contributed by atoms with Gasteiger partial charge in [-0.25, -0.2) is 4.98 Å². The SMILES string of the molecule is O=C(CNC(=O)c1ccc[nH]c1=S)Nc1ccccn1. The molecule has 2 aromatic rings. The molecule has 0 aliphatic heterocycles. The number of carbonyl (C=O) groups excluding carboxylic acids is 2. The van der Waals surface area contributed by atoms with E-state index in [4.69, 9.17) is 12.2 Å². The van der Waals surface area contributed by atoms with Crippen LogP contribution in [0.1, 0.15) is 10.4 Å². The zero-order chi connectivity index (χ0) is 14.4. The van der Waals surface area contributed by atoms with E-state index in [1.54, 1.807) is 42.7 Å². The molecule has 0 atom stereocenters. The van der Waals surface area contributed by atoms with E-state index >= 15 is 0 Å². The molecule has 2 amide bonds. The maximum absolute atomic E-state index is 11.8. The zero-order valence-electron chi connectivity index (χ0n) is 10.4. The minimum absolute atomic E-state index is 0.154. The van der Waals surface area contributed by atoms with Gasteiger partial charge in [0.2, 0.25) is 5.91 Å². The third kappa shape index (κ3) is 3.72. The molecule has 0 fully saturated rings. The molecule has 6 nitrogen and oxygen atoms in total. The highest BCUT2D eigenvalue weighted by molar-refractivity contribution is 7.71. The molecule has 0 unspecified atom stereocenters. The number of carbonyl (C=O) groups is 2. The Morgan fingerprint density at radius 1 is 1.25 bits per heavy atom. The van der Waals surface area contributed by atoms with Crippen LogP contribution in [0.2, 0.25) is 0 Å². The molecule has 0 bridgehead atoms. The minimum atomic E-state index is -0.400. The van der Waals surface area contributed by atoms with Gasteiger partial charge in [0.1, 0.15) is 10.5 Å². The summed E-state index contributed by atoms with van der Waals surface area (Å²) in [5, 5.41) is 5.06. The van der Waals surface area contributed by atoms with Crippen molar-refractivity contribution in [1.82, 2.24) is 15.3 Å². The van der Waals surface area contributed by atoms with E-state index in [1.807, 2.05) is 0 Å². The largest absolute Gasteiger partial charge is 0.352 e. The van der Waals surface area contributed by atoms with E-state index in [-0.39, 0.29) is 12.5 Å². The van der Waals surface area contributed by atoms with Gasteiger partial charge in [-0.05, 0) is 24.3 Å². The Labute approximate surface area is 120 Å². The van der Waals surface area contributed by atoms with Gasteiger partial charge in [0.05, 0.1) is 12.1 Å². The summed E-state index contributed by atoms with van der Waals surface area (Å²) in [5.74, 6) is -0.324. The van der Waals surface area contributed by atoms with Gasteiger partial charge < -0.3 is 15.6 Å². The smallest absolute Gasteiger partial charge is 0.254 e. The van der Waals surface area contributed by atoms with Gasteiger partial charge in [0, 0.05) is 12.4 Å². The highest BCUT2D eigenvalue weighted by Gasteiger charge is 2.09. The van der Waals surface area contributed by atoms with Crippen molar-refractivity contribution in [1.29, 1.82) is 0 Å². The molecule has 2 aromatic heterocycles. The Bertz CT molecular complexity index is 669. The summed E-state index contributed by atoms with van der Waals surface area (Å²) in [7, 11) is 0. The molecule has 2 rings (SSSR count). The van der Waals surface area contributed by atoms with E-state index in [0.29, 0.717) is 16.0 Å². The van der Waals surface area contributed by atoms with Crippen LogP contribution in [0, 0.1) is 4.64 Å². The van der Waals surface area contributed by atoms with Crippen LogP contribution in [-0.4, -0.2) is 28.3 Å². The van der Waals surface area contributed by atoms with Gasteiger partial charge in [-0.2, -0.15) is 0 Å². The molecular formula is C13H12N4O2S. The van der Waals surface area contributed by atoms with Gasteiger partial charge in [-0.1, -0.05) is 18.3 Å². The number of aromatic nitrogens is 2. The second-order valence-electron chi connectivity index (χ2n) is 3.86. The number of pyridine rings is 2. The highest BCUT2D eigenvalue weighted by Crippen LogP contribution is 2.00. The molecule has 0 radical (unpaired) electrons. The second-order valence-corrected chi connectivity index (χ2v) is 4.27. The molecule has 102 valence electrons. The van der Waals surface area contributed by atoms with Gasteiger partial charge in [-0.3, -0.25) is 9.59 Å². The van der Waals surface area contributed by atoms with E-state index in [1.165, 1.54) is 0 Å². The molecule has 0 aliphatic rings. The fourth-order valence-electron chi connectivity index (χ4n) is 1.48. The number of H-pyrrole nitrogens is 1. The lowest BCUT2D eigenvalue weighted by molar-refractivity contribution is -0.115. The van der Waals surface area contributed by atoms with Crippen LogP contribution in [0.5, 0.6) is 0 Å². The quantitative estimate of drug-likeness (QED) is 0.744. The number of anilines is 1. The van der Waals surface area contributed by atoms with Crippen LogP contribution in [0.25, 0.3) is 0 Å². The highest BCUT2D eigenvalue weighted by atomic mass is 32.1. The summed E-state index contributed by atoms with van der Waals surface area (Å²) in [6.45, 7) is -0.154. The lowest BCUT2D eigenvalue weighted by Gasteiger charge is -2.06. The van der Waals surface area contributed by atoms with Crippen molar-refractivity contribution in [3.05, 3.63) is 52.9 Å². The van der Waals surface area contributed by atoms with Crippen molar-refractivity contribution < 1.29 is 9.59 Å². The molecule has 0 aliphatic carbocycles. The average molecular weight is 288 g/mol. The maximum atomic E-state index is 11.8. The van der Waals surface area contributed by atoms with Gasteiger partial charge in [0.15, 0.2) is 0 Å². The van der Waals surface area contributed by atoms with Crippen molar-refractivity contribution in [2.45, 2.75) is 0 Å². The fourth-order valence-corrected chi connectivity index (χ4v) is 1.71. The summed E-state index contributed by atoms with van der Waals surface area (Å²) in [4.78, 5) is 30.2. The number of nitrogens with one attached hydrogen (secondary N) is 3. The van der Waals surface area contributed by atoms with Gasteiger partial charge in [-0.15, -0.1) is 0 Å². The first-order valence-electron chi connectivity index (χ1n) is 5.83. The van der Waals surface area contributed by atoms with Crippen molar-refractivity contribution >= 4 is 29.9 Å². The first kappa shape index (κ1) is 13.9. The summed E-state index contributed by atoms with van der Waals surface area (Å²) in [6, 6.07) is 8.41. The van der Waals surface area contributed by atoms with Crippen molar-refractivity contribution in [3.8, 4) is 0 Å². The lowest BCUT2D eigenvalue weighted by Crippen LogP contribution is -2.33. The number of hydrogen-bond donors (Lipinski definition) is 3. The third-order valence-corrected chi connectivity index (χ3v) is 2.74. The first-order valence-corrected chi connectivity index (χ1v) is 6.24. The maximum Gasteiger partial charge on any atom is 0.254 e. The number of amides is 2. The van der Waals surface area contributed by atoms with E-state index < -0.39 is 5.91 Å². The molecule has 3 N–H and O–H groups in total. The van der Waals surface area contributed by atoms with Crippen LogP contribution >= 0.6 is 12.2 Å². The third-order valence-electron chi connectivity index (χ3n) is 2.40. The first-order chi connectivity index (χ1) is 9.66. The predicted octanol–water partition coefficient (Wildman–Crippen LogP) is 1.51. The average Bonchev–Trinajstić information content (AvgIpc) is 2.46. The second kappa shape index (κ2) is 6.58. The van der Waals surface area contributed by atoms with Crippen molar-refractivity contribution in [2.75, 3.05) is 11.9 Å². The van der Waals surface area contributed by atoms with Crippen LogP contribution in [0.3, 0.4) is 0 Å². The van der Waals surface area contributed by atoms with Crippen LogP contribution in [-0.2, 0) is 4.79 Å². The Kier molecular flexibility index (Phi) is 4.56. The molecule has 0 spiro atoms. The standard InChI is InChI=1S/C13H12N4O2S/c18-11(17-10-5-1-2-6-14-10)8-16-12(19)9-4-3-7-15-13(9)20/h1-7H,8H2,(H,15,20)(H,16,19)(H,14,17,18).